The van der Waals surface area contributed by atoms with Crippen molar-refractivity contribution in [3.05, 3.63) is 77.4 Å². The molecule has 31 heavy (non-hydrogen) atoms. The lowest BCUT2D eigenvalue weighted by Gasteiger charge is -2.16. The van der Waals surface area contributed by atoms with Crippen molar-refractivity contribution in [1.29, 1.82) is 0 Å². The normalized spacial score (nSPS) is 11.6. The van der Waals surface area contributed by atoms with Gasteiger partial charge in [0.25, 0.3) is 0 Å². The van der Waals surface area contributed by atoms with Crippen molar-refractivity contribution in [3.63, 3.8) is 0 Å². The topological polar surface area (TPSA) is 57.6 Å². The Balaban J connectivity index is 1.47. The summed E-state index contributed by atoms with van der Waals surface area (Å²) in [6, 6.07) is 18.4. The van der Waals surface area contributed by atoms with Crippen LogP contribution in [0, 0.1) is 6.92 Å². The fourth-order valence-corrected chi connectivity index (χ4v) is 3.72. The highest BCUT2D eigenvalue weighted by atomic mass is 16.7. The van der Waals surface area contributed by atoms with E-state index in [4.69, 9.17) is 23.3 Å². The average molecular weight is 420 g/mol. The van der Waals surface area contributed by atoms with Gasteiger partial charge in [-0.25, -0.2) is 4.98 Å². The van der Waals surface area contributed by atoms with Gasteiger partial charge in [0.05, 0.1) is 12.1 Å². The van der Waals surface area contributed by atoms with E-state index in [1.165, 1.54) is 5.56 Å². The Morgan fingerprint density at radius 2 is 1.71 bits per heavy atom. The van der Waals surface area contributed by atoms with Gasteiger partial charge in [-0.3, -0.25) is 0 Å². The minimum absolute atomic E-state index is 0.153. The molecule has 5 heteroatoms. The number of hydrogen-bond acceptors (Lipinski definition) is 5. The Morgan fingerprint density at radius 1 is 0.935 bits per heavy atom. The first-order valence-electron chi connectivity index (χ1n) is 10.9. The Hall–Kier alpha value is -2.89. The van der Waals surface area contributed by atoms with Gasteiger partial charge in [-0.05, 0) is 63.1 Å². The summed E-state index contributed by atoms with van der Waals surface area (Å²) in [6.07, 6.45) is 2.17. The third-order valence-corrected chi connectivity index (χ3v) is 5.26. The molecule has 0 bridgehead atoms. The quantitative estimate of drug-likeness (QED) is 0.282. The number of aryl methyl sites for hydroxylation is 2. The Labute approximate surface area is 183 Å². The van der Waals surface area contributed by atoms with E-state index in [1.807, 2.05) is 57.2 Å². The monoisotopic (exact) mass is 419 g/mol. The number of benzene rings is 2. The van der Waals surface area contributed by atoms with E-state index < -0.39 is 0 Å². The van der Waals surface area contributed by atoms with Gasteiger partial charge in [0.1, 0.15) is 17.1 Å². The highest BCUT2D eigenvalue weighted by Gasteiger charge is 2.15. The maximum absolute atomic E-state index is 6.07. The molecule has 0 unspecified atom stereocenters. The van der Waals surface area contributed by atoms with Gasteiger partial charge < -0.3 is 18.3 Å². The summed E-state index contributed by atoms with van der Waals surface area (Å²) in [5.41, 5.74) is 4.00. The van der Waals surface area contributed by atoms with Crippen LogP contribution in [0.15, 0.2) is 63.4 Å². The first kappa shape index (κ1) is 21.3. The zero-order valence-corrected chi connectivity index (χ0v) is 18.4. The maximum atomic E-state index is 6.07. The highest BCUT2D eigenvalue weighted by Crippen LogP contribution is 2.27. The minimum Gasteiger partial charge on any atom is -0.461 e. The fourth-order valence-electron chi connectivity index (χ4n) is 3.72. The van der Waals surface area contributed by atoms with Gasteiger partial charge in [-0.15, -0.1) is 0 Å². The zero-order chi connectivity index (χ0) is 21.6. The highest BCUT2D eigenvalue weighted by molar-refractivity contribution is 5.78. The van der Waals surface area contributed by atoms with Crippen LogP contribution in [0.1, 0.15) is 43.0 Å². The van der Waals surface area contributed by atoms with Crippen LogP contribution >= 0.6 is 0 Å². The van der Waals surface area contributed by atoms with E-state index in [0.29, 0.717) is 25.5 Å². The molecule has 0 amide bonds. The second-order valence-corrected chi connectivity index (χ2v) is 7.53. The van der Waals surface area contributed by atoms with Crippen LogP contribution in [0.3, 0.4) is 0 Å². The van der Waals surface area contributed by atoms with Crippen molar-refractivity contribution < 1.29 is 18.3 Å². The molecule has 0 N–H and O–H groups in total. The molecule has 162 valence electrons. The van der Waals surface area contributed by atoms with Crippen molar-refractivity contribution in [2.45, 2.75) is 46.3 Å². The summed E-state index contributed by atoms with van der Waals surface area (Å²) in [7, 11) is 0. The Kier molecular flexibility index (Phi) is 6.85. The molecule has 0 aliphatic rings. The zero-order valence-electron chi connectivity index (χ0n) is 18.4. The van der Waals surface area contributed by atoms with Gasteiger partial charge >= 0.3 is 0 Å². The number of oxazole rings is 1. The molecule has 0 fully saturated rings. The van der Waals surface area contributed by atoms with Crippen LogP contribution in [0.4, 0.5) is 0 Å². The molecule has 0 atom stereocenters. The summed E-state index contributed by atoms with van der Waals surface area (Å²) in [5, 5.41) is 1.10. The molecule has 5 nitrogen and oxygen atoms in total. The average Bonchev–Trinajstić information content (AvgIpc) is 3.35. The second kappa shape index (κ2) is 9.94. The van der Waals surface area contributed by atoms with Crippen LogP contribution < -0.4 is 0 Å². The standard InChI is InChI=1S/C26H29NO4/c1-4-28-25(29-5-2)14-12-19-11-13-24-21(15-19)16-22(31-24)17-23-18(3)30-26(27-23)20-9-7-6-8-10-20/h6-11,13,15-16,25H,4-5,12,14,17H2,1-3H3. The molecule has 0 aliphatic carbocycles. The van der Waals surface area contributed by atoms with Gasteiger partial charge in [0, 0.05) is 30.6 Å². The number of furan rings is 1. The first-order valence-corrected chi connectivity index (χ1v) is 10.9. The van der Waals surface area contributed by atoms with Gasteiger partial charge in [0.2, 0.25) is 5.89 Å². The van der Waals surface area contributed by atoms with E-state index in [-0.39, 0.29) is 6.29 Å². The number of hydrogen-bond donors (Lipinski definition) is 0. The minimum atomic E-state index is -0.153. The van der Waals surface area contributed by atoms with E-state index in [1.54, 1.807) is 0 Å². The Bertz CT molecular complexity index is 1110. The lowest BCUT2D eigenvalue weighted by molar-refractivity contribution is -0.139. The number of rotatable bonds is 10. The predicted molar refractivity (Wildman–Crippen MR) is 121 cm³/mol. The van der Waals surface area contributed by atoms with Crippen LogP contribution in [0.5, 0.6) is 0 Å². The molecule has 2 aromatic heterocycles. The number of fused-ring (bicyclic) bond motifs is 1. The third kappa shape index (κ3) is 5.24. The van der Waals surface area contributed by atoms with Crippen molar-refractivity contribution in [2.75, 3.05) is 13.2 Å². The summed E-state index contributed by atoms with van der Waals surface area (Å²) in [4.78, 5) is 4.69. The molecule has 2 aromatic carbocycles. The van der Waals surface area contributed by atoms with Crippen LogP contribution in [-0.4, -0.2) is 24.5 Å². The van der Waals surface area contributed by atoms with Gasteiger partial charge in [0.15, 0.2) is 6.29 Å². The van der Waals surface area contributed by atoms with E-state index in [2.05, 4.69) is 18.2 Å². The summed E-state index contributed by atoms with van der Waals surface area (Å²) in [5.74, 6) is 2.34. The molecular formula is C26H29NO4. The fraction of sp³-hybridized carbons (Fsp3) is 0.346. The molecule has 0 aliphatic heterocycles. The summed E-state index contributed by atoms with van der Waals surface area (Å²) in [6.45, 7) is 7.24. The molecule has 4 rings (SSSR count). The largest absolute Gasteiger partial charge is 0.461 e. The molecule has 0 spiro atoms. The van der Waals surface area contributed by atoms with Crippen LogP contribution in [0.25, 0.3) is 22.4 Å². The van der Waals surface area contributed by atoms with Gasteiger partial charge in [-0.1, -0.05) is 24.3 Å². The van der Waals surface area contributed by atoms with Crippen molar-refractivity contribution in [3.8, 4) is 11.5 Å². The maximum Gasteiger partial charge on any atom is 0.226 e. The molecule has 0 saturated heterocycles. The van der Waals surface area contributed by atoms with Crippen LogP contribution in [-0.2, 0) is 22.3 Å². The van der Waals surface area contributed by atoms with Crippen molar-refractivity contribution in [2.24, 2.45) is 0 Å². The van der Waals surface area contributed by atoms with E-state index in [0.717, 1.165) is 46.6 Å². The van der Waals surface area contributed by atoms with Crippen molar-refractivity contribution in [1.82, 2.24) is 4.98 Å². The number of ether oxygens (including phenoxy) is 2. The van der Waals surface area contributed by atoms with Crippen LogP contribution in [0.2, 0.25) is 0 Å². The molecule has 2 heterocycles. The summed E-state index contributed by atoms with van der Waals surface area (Å²) < 4.78 is 23.3. The van der Waals surface area contributed by atoms with E-state index in [9.17, 15) is 0 Å². The SMILES string of the molecule is CCOC(CCc1ccc2oc(Cc3nc(-c4ccccc4)oc3C)cc2c1)OCC. The predicted octanol–water partition coefficient (Wildman–Crippen LogP) is 6.32. The van der Waals surface area contributed by atoms with Crippen molar-refractivity contribution >= 4 is 11.0 Å². The second-order valence-electron chi connectivity index (χ2n) is 7.53. The first-order chi connectivity index (χ1) is 15.2. The van der Waals surface area contributed by atoms with Gasteiger partial charge in [-0.2, -0.15) is 0 Å². The smallest absolute Gasteiger partial charge is 0.226 e. The Morgan fingerprint density at radius 3 is 2.45 bits per heavy atom. The molecule has 0 radical (unpaired) electrons. The lowest BCUT2D eigenvalue weighted by Crippen LogP contribution is -2.18. The number of aromatic nitrogens is 1. The molecule has 4 aromatic rings. The van der Waals surface area contributed by atoms with E-state index >= 15 is 0 Å². The summed E-state index contributed by atoms with van der Waals surface area (Å²) >= 11 is 0. The lowest BCUT2D eigenvalue weighted by atomic mass is 10.1. The molecule has 0 saturated carbocycles. The third-order valence-electron chi connectivity index (χ3n) is 5.26. The molecular weight excluding hydrogens is 390 g/mol. The number of nitrogens with zero attached hydrogens (tertiary/aromatic N) is 1.